The summed E-state index contributed by atoms with van der Waals surface area (Å²) >= 11 is 4.74. The van der Waals surface area contributed by atoms with E-state index in [1.54, 1.807) is 0 Å². The third-order valence-corrected chi connectivity index (χ3v) is 5.12. The largest absolute Gasteiger partial charge is 0.465 e. The van der Waals surface area contributed by atoms with Gasteiger partial charge in [0.25, 0.3) is 5.56 Å². The Balaban J connectivity index is 1.96. The summed E-state index contributed by atoms with van der Waals surface area (Å²) in [6.07, 6.45) is 0. The second-order valence-electron chi connectivity index (χ2n) is 5.21. The number of rotatable bonds is 4. The Morgan fingerprint density at radius 2 is 2.00 bits per heavy atom. The summed E-state index contributed by atoms with van der Waals surface area (Å²) in [7, 11) is 1.30. The van der Waals surface area contributed by atoms with Crippen molar-refractivity contribution < 1.29 is 9.53 Å². The monoisotopic (exact) mass is 419 g/mol. The maximum Gasteiger partial charge on any atom is 0.337 e. The second-order valence-corrected chi connectivity index (χ2v) is 7.07. The van der Waals surface area contributed by atoms with Gasteiger partial charge in [0.15, 0.2) is 5.16 Å². The van der Waals surface area contributed by atoms with Crippen LogP contribution < -0.4 is 11.4 Å². The number of carbonyl (C=O) groups excluding carboxylic acids is 1. The third kappa shape index (κ3) is 3.69. The molecule has 0 amide bonds. The van der Waals surface area contributed by atoms with Crippen molar-refractivity contribution in [1.29, 1.82) is 0 Å². The predicted molar refractivity (Wildman–Crippen MR) is 101 cm³/mol. The lowest BCUT2D eigenvalue weighted by atomic mass is 10.1. The topological polar surface area (TPSA) is 87.2 Å². The molecular formula is C17H14BrN3O3S. The highest BCUT2D eigenvalue weighted by molar-refractivity contribution is 9.10. The minimum atomic E-state index is -0.482. The number of nitrogens with zero attached hydrogens (tertiary/aromatic N) is 2. The Kier molecular flexibility index (Phi) is 5.10. The van der Waals surface area contributed by atoms with E-state index in [1.807, 2.05) is 24.3 Å². The van der Waals surface area contributed by atoms with Crippen LogP contribution in [0.1, 0.15) is 15.9 Å². The van der Waals surface area contributed by atoms with Crippen LogP contribution in [0.5, 0.6) is 0 Å². The fourth-order valence-electron chi connectivity index (χ4n) is 2.25. The van der Waals surface area contributed by atoms with E-state index >= 15 is 0 Å². The van der Waals surface area contributed by atoms with Crippen LogP contribution in [0.3, 0.4) is 0 Å². The lowest BCUT2D eigenvalue weighted by Gasteiger charge is -2.09. The first-order chi connectivity index (χ1) is 12.0. The smallest absolute Gasteiger partial charge is 0.337 e. The first-order valence-corrected chi connectivity index (χ1v) is 9.05. The Hall–Kier alpha value is -2.32. The summed E-state index contributed by atoms with van der Waals surface area (Å²) in [5.41, 5.74) is 1.46. The number of aromatic nitrogens is 2. The van der Waals surface area contributed by atoms with E-state index in [-0.39, 0.29) is 5.56 Å². The average molecular weight is 420 g/mol. The van der Waals surface area contributed by atoms with Gasteiger partial charge in [-0.15, -0.1) is 0 Å². The Morgan fingerprint density at radius 1 is 1.28 bits per heavy atom. The van der Waals surface area contributed by atoms with Crippen molar-refractivity contribution in [1.82, 2.24) is 9.66 Å². The van der Waals surface area contributed by atoms with Crippen molar-refractivity contribution in [2.45, 2.75) is 10.9 Å². The number of nitrogens with two attached hydrogens (primary N) is 1. The number of methoxy groups -OCH3 is 1. The Bertz CT molecular complexity index is 1000. The molecule has 0 saturated heterocycles. The van der Waals surface area contributed by atoms with Crippen molar-refractivity contribution in [2.24, 2.45) is 0 Å². The van der Waals surface area contributed by atoms with Gasteiger partial charge in [-0.25, -0.2) is 14.5 Å². The quantitative estimate of drug-likeness (QED) is 0.302. The van der Waals surface area contributed by atoms with Gasteiger partial charge in [-0.1, -0.05) is 39.8 Å². The van der Waals surface area contributed by atoms with E-state index in [2.05, 4.69) is 20.9 Å². The molecule has 0 saturated carbocycles. The SMILES string of the molecule is COC(=O)c1ccc2c(=O)n(N)c(SCc3ccc(Br)cc3)nc2c1. The molecule has 3 aromatic rings. The Morgan fingerprint density at radius 3 is 2.68 bits per heavy atom. The standard InChI is InChI=1S/C17H14BrN3O3S/c1-24-16(23)11-4-7-13-14(8-11)20-17(21(19)15(13)22)25-9-10-2-5-12(18)6-3-10/h2-8H,9,19H2,1H3. The number of halogens is 1. The van der Waals surface area contributed by atoms with Crippen LogP contribution >= 0.6 is 27.7 Å². The van der Waals surface area contributed by atoms with Crippen LogP contribution in [0.2, 0.25) is 0 Å². The molecule has 0 unspecified atom stereocenters. The number of ether oxygens (including phenoxy) is 1. The number of benzene rings is 2. The molecule has 0 atom stereocenters. The van der Waals surface area contributed by atoms with Gasteiger partial charge < -0.3 is 10.6 Å². The highest BCUT2D eigenvalue weighted by Gasteiger charge is 2.13. The number of hydrogen-bond acceptors (Lipinski definition) is 6. The van der Waals surface area contributed by atoms with Gasteiger partial charge in [-0.3, -0.25) is 4.79 Å². The molecule has 3 rings (SSSR count). The minimum absolute atomic E-state index is 0.334. The molecule has 0 radical (unpaired) electrons. The van der Waals surface area contributed by atoms with Gasteiger partial charge in [0.1, 0.15) is 0 Å². The fraction of sp³-hybridized carbons (Fsp3) is 0.118. The molecule has 1 heterocycles. The molecule has 0 fully saturated rings. The molecule has 2 aromatic carbocycles. The Labute approximate surface area is 156 Å². The van der Waals surface area contributed by atoms with Crippen LogP contribution in [-0.4, -0.2) is 22.7 Å². The number of hydrogen-bond donors (Lipinski definition) is 1. The minimum Gasteiger partial charge on any atom is -0.465 e. The maximum absolute atomic E-state index is 12.4. The molecular weight excluding hydrogens is 406 g/mol. The average Bonchev–Trinajstić information content (AvgIpc) is 2.63. The number of nitrogen functional groups attached to an aromatic ring is 1. The van der Waals surface area contributed by atoms with Crippen molar-refractivity contribution in [3.63, 3.8) is 0 Å². The van der Waals surface area contributed by atoms with E-state index < -0.39 is 5.97 Å². The van der Waals surface area contributed by atoms with E-state index in [4.69, 9.17) is 10.6 Å². The molecule has 0 aliphatic rings. The van der Waals surface area contributed by atoms with E-state index in [0.717, 1.165) is 14.7 Å². The highest BCUT2D eigenvalue weighted by Crippen LogP contribution is 2.22. The van der Waals surface area contributed by atoms with Crippen LogP contribution in [0.15, 0.2) is 56.9 Å². The number of fused-ring (bicyclic) bond motifs is 1. The molecule has 25 heavy (non-hydrogen) atoms. The van der Waals surface area contributed by atoms with Crippen LogP contribution in [0.4, 0.5) is 0 Å². The van der Waals surface area contributed by atoms with E-state index in [1.165, 1.54) is 37.1 Å². The molecule has 0 aliphatic carbocycles. The zero-order chi connectivity index (χ0) is 18.0. The molecule has 6 nitrogen and oxygen atoms in total. The summed E-state index contributed by atoms with van der Waals surface area (Å²) in [5.74, 6) is 6.01. The lowest BCUT2D eigenvalue weighted by molar-refractivity contribution is 0.0601. The number of esters is 1. The van der Waals surface area contributed by atoms with Crippen molar-refractivity contribution in [2.75, 3.05) is 13.0 Å². The van der Waals surface area contributed by atoms with Crippen molar-refractivity contribution in [3.05, 3.63) is 68.4 Å². The van der Waals surface area contributed by atoms with E-state index in [9.17, 15) is 9.59 Å². The molecule has 1 aromatic heterocycles. The third-order valence-electron chi connectivity index (χ3n) is 3.57. The molecule has 128 valence electrons. The first kappa shape index (κ1) is 17.5. The van der Waals surface area contributed by atoms with Crippen LogP contribution in [0, 0.1) is 0 Å². The van der Waals surface area contributed by atoms with Gasteiger partial charge in [-0.05, 0) is 35.9 Å². The first-order valence-electron chi connectivity index (χ1n) is 7.27. The van der Waals surface area contributed by atoms with Crippen molar-refractivity contribution in [3.8, 4) is 0 Å². The molecule has 0 aliphatic heterocycles. The van der Waals surface area contributed by atoms with Crippen molar-refractivity contribution >= 4 is 44.6 Å². The number of thioether (sulfide) groups is 1. The zero-order valence-electron chi connectivity index (χ0n) is 13.2. The lowest BCUT2D eigenvalue weighted by Crippen LogP contribution is -2.29. The fourth-order valence-corrected chi connectivity index (χ4v) is 3.39. The summed E-state index contributed by atoms with van der Waals surface area (Å²) in [6, 6.07) is 12.4. The molecule has 0 bridgehead atoms. The molecule has 2 N–H and O–H groups in total. The number of carbonyl (C=O) groups is 1. The summed E-state index contributed by atoms with van der Waals surface area (Å²) in [5, 5.41) is 0.727. The highest BCUT2D eigenvalue weighted by atomic mass is 79.9. The predicted octanol–water partition coefficient (Wildman–Crippen LogP) is 2.95. The van der Waals surface area contributed by atoms with E-state index in [0.29, 0.717) is 27.4 Å². The summed E-state index contributed by atoms with van der Waals surface area (Å²) in [4.78, 5) is 28.5. The van der Waals surface area contributed by atoms with Gasteiger partial charge in [0, 0.05) is 10.2 Å². The van der Waals surface area contributed by atoms with Gasteiger partial charge in [0.05, 0.1) is 23.6 Å². The maximum atomic E-state index is 12.4. The zero-order valence-corrected chi connectivity index (χ0v) is 15.6. The molecule has 0 spiro atoms. The van der Waals surface area contributed by atoms with Gasteiger partial charge >= 0.3 is 5.97 Å². The van der Waals surface area contributed by atoms with Crippen LogP contribution in [-0.2, 0) is 10.5 Å². The van der Waals surface area contributed by atoms with Gasteiger partial charge in [-0.2, -0.15) is 0 Å². The van der Waals surface area contributed by atoms with Gasteiger partial charge in [0.2, 0.25) is 0 Å². The van der Waals surface area contributed by atoms with Crippen LogP contribution in [0.25, 0.3) is 10.9 Å². The normalized spacial score (nSPS) is 10.8. The summed E-state index contributed by atoms with van der Waals surface area (Å²) < 4.78 is 6.73. The molecule has 8 heteroatoms. The summed E-state index contributed by atoms with van der Waals surface area (Å²) in [6.45, 7) is 0. The second kappa shape index (κ2) is 7.28.